The van der Waals surface area contributed by atoms with Gasteiger partial charge in [0.25, 0.3) is 0 Å². The van der Waals surface area contributed by atoms with Crippen molar-refractivity contribution < 1.29 is 13.2 Å². The van der Waals surface area contributed by atoms with E-state index in [9.17, 15) is 13.2 Å². The monoisotopic (exact) mass is 366 g/mol. The molecule has 0 atom stereocenters. The van der Waals surface area contributed by atoms with Gasteiger partial charge in [-0.2, -0.15) is 0 Å². The summed E-state index contributed by atoms with van der Waals surface area (Å²) in [6, 6.07) is 6.81. The molecular weight excluding hydrogens is 336 g/mol. The van der Waals surface area contributed by atoms with Gasteiger partial charge in [-0.1, -0.05) is 51.2 Å². The molecule has 1 saturated carbocycles. The van der Waals surface area contributed by atoms with E-state index in [2.05, 4.69) is 17.0 Å². The molecule has 0 saturated heterocycles. The fourth-order valence-corrected chi connectivity index (χ4v) is 3.94. The summed E-state index contributed by atoms with van der Waals surface area (Å²) >= 11 is 0. The van der Waals surface area contributed by atoms with Gasteiger partial charge in [-0.25, -0.2) is 13.1 Å². The Morgan fingerprint density at radius 3 is 2.32 bits per heavy atom. The highest BCUT2D eigenvalue weighted by atomic mass is 32.2. The van der Waals surface area contributed by atoms with Crippen molar-refractivity contribution in [3.05, 3.63) is 29.8 Å². The minimum absolute atomic E-state index is 0.0580. The molecule has 2 N–H and O–H groups in total. The first-order valence-electron chi connectivity index (χ1n) is 9.39. The SMILES string of the molecule is CCCCCCCCC(=O)NCc1ccc(S(=O)(=O)NC2CC2)cc1. The lowest BCUT2D eigenvalue weighted by Crippen LogP contribution is -2.26. The van der Waals surface area contributed by atoms with Gasteiger partial charge in [-0.3, -0.25) is 4.79 Å². The normalized spacial score (nSPS) is 14.4. The van der Waals surface area contributed by atoms with E-state index in [1.54, 1.807) is 24.3 Å². The molecular formula is C19H30N2O3S. The summed E-state index contributed by atoms with van der Waals surface area (Å²) in [5, 5.41) is 2.90. The topological polar surface area (TPSA) is 75.3 Å². The Morgan fingerprint density at radius 2 is 1.68 bits per heavy atom. The number of carbonyl (C=O) groups excluding carboxylic acids is 1. The third kappa shape index (κ3) is 7.57. The highest BCUT2D eigenvalue weighted by Gasteiger charge is 2.27. The number of rotatable bonds is 12. The molecule has 5 nitrogen and oxygen atoms in total. The summed E-state index contributed by atoms with van der Waals surface area (Å²) in [5.74, 6) is 0.0580. The van der Waals surface area contributed by atoms with Crippen LogP contribution in [-0.2, 0) is 21.4 Å². The highest BCUT2D eigenvalue weighted by Crippen LogP contribution is 2.22. The van der Waals surface area contributed by atoms with Crippen molar-refractivity contribution in [3.8, 4) is 0 Å². The van der Waals surface area contributed by atoms with E-state index in [-0.39, 0.29) is 16.8 Å². The van der Waals surface area contributed by atoms with Crippen LogP contribution in [0.5, 0.6) is 0 Å². The van der Waals surface area contributed by atoms with E-state index >= 15 is 0 Å². The molecule has 1 aromatic rings. The molecule has 25 heavy (non-hydrogen) atoms. The van der Waals surface area contributed by atoms with E-state index in [1.165, 1.54) is 25.7 Å². The van der Waals surface area contributed by atoms with Crippen molar-refractivity contribution in [1.82, 2.24) is 10.0 Å². The molecule has 0 aliphatic heterocycles. The lowest BCUT2D eigenvalue weighted by atomic mass is 10.1. The van der Waals surface area contributed by atoms with Gasteiger partial charge in [0.15, 0.2) is 0 Å². The van der Waals surface area contributed by atoms with Crippen LogP contribution < -0.4 is 10.0 Å². The Hall–Kier alpha value is -1.40. The van der Waals surface area contributed by atoms with Crippen molar-refractivity contribution in [1.29, 1.82) is 0 Å². The molecule has 140 valence electrons. The number of amides is 1. The molecule has 1 aliphatic carbocycles. The Bertz CT molecular complexity index is 637. The van der Waals surface area contributed by atoms with Crippen LogP contribution in [0.2, 0.25) is 0 Å². The van der Waals surface area contributed by atoms with E-state index in [0.717, 1.165) is 31.2 Å². The second-order valence-corrected chi connectivity index (χ2v) is 8.55. The largest absolute Gasteiger partial charge is 0.352 e. The summed E-state index contributed by atoms with van der Waals surface area (Å²) in [7, 11) is -3.40. The van der Waals surface area contributed by atoms with E-state index < -0.39 is 10.0 Å². The summed E-state index contributed by atoms with van der Waals surface area (Å²) in [4.78, 5) is 12.1. The summed E-state index contributed by atoms with van der Waals surface area (Å²) < 4.78 is 26.8. The quantitative estimate of drug-likeness (QED) is 0.556. The standard InChI is InChI=1S/C19H30N2O3S/c1-2-3-4-5-6-7-8-19(22)20-15-16-9-13-18(14-10-16)25(23,24)21-17-11-12-17/h9-10,13-14,17,21H,2-8,11-12,15H2,1H3,(H,20,22). The average molecular weight is 367 g/mol. The van der Waals surface area contributed by atoms with Crippen molar-refractivity contribution in [2.75, 3.05) is 0 Å². The van der Waals surface area contributed by atoms with Gasteiger partial charge in [0, 0.05) is 19.0 Å². The maximum Gasteiger partial charge on any atom is 0.240 e. The van der Waals surface area contributed by atoms with E-state index in [1.807, 2.05) is 0 Å². The van der Waals surface area contributed by atoms with Gasteiger partial charge in [0.05, 0.1) is 4.90 Å². The third-order valence-corrected chi connectivity index (χ3v) is 5.92. The maximum atomic E-state index is 12.1. The van der Waals surface area contributed by atoms with Gasteiger partial charge in [0.2, 0.25) is 15.9 Å². The summed E-state index contributed by atoms with van der Waals surface area (Å²) in [6.45, 7) is 2.63. The minimum Gasteiger partial charge on any atom is -0.352 e. The molecule has 2 rings (SSSR count). The second-order valence-electron chi connectivity index (χ2n) is 6.83. The van der Waals surface area contributed by atoms with Crippen LogP contribution in [0, 0.1) is 0 Å². The fourth-order valence-electron chi connectivity index (χ4n) is 2.63. The zero-order chi connectivity index (χ0) is 18.1. The molecule has 0 aromatic heterocycles. The predicted octanol–water partition coefficient (Wildman–Crippen LogP) is 3.49. The van der Waals surface area contributed by atoms with Gasteiger partial charge in [0.1, 0.15) is 0 Å². The van der Waals surface area contributed by atoms with Crippen molar-refractivity contribution >= 4 is 15.9 Å². The van der Waals surface area contributed by atoms with Gasteiger partial charge in [-0.15, -0.1) is 0 Å². The predicted molar refractivity (Wildman–Crippen MR) is 99.6 cm³/mol. The van der Waals surface area contributed by atoms with Gasteiger partial charge >= 0.3 is 0 Å². The smallest absolute Gasteiger partial charge is 0.240 e. The lowest BCUT2D eigenvalue weighted by Gasteiger charge is -2.08. The van der Waals surface area contributed by atoms with Crippen LogP contribution in [0.3, 0.4) is 0 Å². The van der Waals surface area contributed by atoms with Crippen molar-refractivity contribution in [3.63, 3.8) is 0 Å². The molecule has 0 heterocycles. The first kappa shape index (κ1) is 19.9. The number of benzene rings is 1. The molecule has 1 aromatic carbocycles. The first-order chi connectivity index (χ1) is 12.0. The third-order valence-electron chi connectivity index (χ3n) is 4.38. The van der Waals surface area contributed by atoms with E-state index in [0.29, 0.717) is 13.0 Å². The number of hydrogen-bond donors (Lipinski definition) is 2. The molecule has 1 fully saturated rings. The molecule has 0 radical (unpaired) electrons. The Morgan fingerprint density at radius 1 is 1.04 bits per heavy atom. The molecule has 0 bridgehead atoms. The molecule has 0 unspecified atom stereocenters. The van der Waals surface area contributed by atoms with Gasteiger partial charge in [-0.05, 0) is 37.0 Å². The van der Waals surface area contributed by atoms with Crippen molar-refractivity contribution in [2.45, 2.75) is 82.2 Å². The lowest BCUT2D eigenvalue weighted by molar-refractivity contribution is -0.121. The first-order valence-corrected chi connectivity index (χ1v) is 10.9. The van der Waals surface area contributed by atoms with Crippen LogP contribution >= 0.6 is 0 Å². The average Bonchev–Trinajstić information content (AvgIpc) is 3.40. The van der Waals surface area contributed by atoms with E-state index in [4.69, 9.17) is 0 Å². The molecule has 1 amide bonds. The Balaban J connectivity index is 1.67. The van der Waals surface area contributed by atoms with Crippen molar-refractivity contribution in [2.24, 2.45) is 0 Å². The highest BCUT2D eigenvalue weighted by molar-refractivity contribution is 7.89. The number of nitrogens with one attached hydrogen (secondary N) is 2. The number of sulfonamides is 1. The molecule has 6 heteroatoms. The number of hydrogen-bond acceptors (Lipinski definition) is 3. The fraction of sp³-hybridized carbons (Fsp3) is 0.632. The zero-order valence-corrected chi connectivity index (χ0v) is 15.9. The van der Waals surface area contributed by atoms with Crippen LogP contribution in [0.15, 0.2) is 29.2 Å². The maximum absolute atomic E-state index is 12.1. The van der Waals surface area contributed by atoms with Crippen LogP contribution in [0.25, 0.3) is 0 Å². The molecule has 0 spiro atoms. The van der Waals surface area contributed by atoms with Crippen LogP contribution in [-0.4, -0.2) is 20.4 Å². The minimum atomic E-state index is -3.40. The second kappa shape index (κ2) is 9.92. The number of carbonyl (C=O) groups is 1. The van der Waals surface area contributed by atoms with Crippen LogP contribution in [0.4, 0.5) is 0 Å². The van der Waals surface area contributed by atoms with Crippen LogP contribution in [0.1, 0.15) is 70.3 Å². The number of unbranched alkanes of at least 4 members (excludes halogenated alkanes) is 5. The summed E-state index contributed by atoms with van der Waals surface area (Å²) in [6.07, 6.45) is 9.39. The Labute approximate surface area is 151 Å². The molecule has 1 aliphatic rings. The zero-order valence-electron chi connectivity index (χ0n) is 15.1. The van der Waals surface area contributed by atoms with Gasteiger partial charge < -0.3 is 5.32 Å². The summed E-state index contributed by atoms with van der Waals surface area (Å²) in [5.41, 5.74) is 0.904. The Kier molecular flexibility index (Phi) is 7.90.